The van der Waals surface area contributed by atoms with Crippen LogP contribution < -0.4 is 0 Å². The standard InChI is InChI=1S/C37H40N/c1-37(28-31-19-6-3-7-20-31)35(26-23-30-14-4-2-5-15-30)38(27-13-12-18-29-16-8-9-17-29)34-25-24-32-21-10-11-22-33(32)36(34)37/h2-7,10-11,14-15,19-26,29H,8-9,12-13,16-18,27-28H2,1H3/q+1/b26-23+. The quantitative estimate of drug-likeness (QED) is 0.160. The van der Waals surface area contributed by atoms with Gasteiger partial charge in [-0.25, -0.2) is 0 Å². The molecule has 1 atom stereocenters. The van der Waals surface area contributed by atoms with Gasteiger partial charge in [-0.05, 0) is 59.7 Å². The summed E-state index contributed by atoms with van der Waals surface area (Å²) < 4.78 is 2.67. The summed E-state index contributed by atoms with van der Waals surface area (Å²) in [5, 5.41) is 2.72. The molecule has 2 aliphatic rings. The van der Waals surface area contributed by atoms with Crippen LogP contribution in [0.1, 0.15) is 68.6 Å². The van der Waals surface area contributed by atoms with E-state index in [0.29, 0.717) is 0 Å². The van der Waals surface area contributed by atoms with Gasteiger partial charge in [-0.15, -0.1) is 0 Å². The Labute approximate surface area is 228 Å². The number of unbranched alkanes of at least 4 members (excludes halogenated alkanes) is 1. The first kappa shape index (κ1) is 24.9. The molecule has 1 unspecified atom stereocenters. The average molecular weight is 499 g/mol. The van der Waals surface area contributed by atoms with E-state index in [4.69, 9.17) is 0 Å². The van der Waals surface area contributed by atoms with Crippen molar-refractivity contribution in [2.24, 2.45) is 5.92 Å². The lowest BCUT2D eigenvalue weighted by Gasteiger charge is -2.24. The molecule has 1 heterocycles. The molecule has 0 N–H and O–H groups in total. The molecule has 1 heteroatoms. The number of allylic oxidation sites excluding steroid dienone is 1. The highest BCUT2D eigenvalue weighted by molar-refractivity contribution is 6.09. The van der Waals surface area contributed by atoms with Crippen molar-refractivity contribution in [3.8, 4) is 0 Å². The van der Waals surface area contributed by atoms with E-state index in [-0.39, 0.29) is 5.41 Å². The van der Waals surface area contributed by atoms with Gasteiger partial charge in [0.2, 0.25) is 5.69 Å². The Balaban J connectivity index is 1.44. The third-order valence-electron chi connectivity index (χ3n) is 8.96. The molecule has 1 nitrogen and oxygen atoms in total. The third kappa shape index (κ3) is 4.99. The van der Waals surface area contributed by atoms with E-state index in [2.05, 4.69) is 121 Å². The van der Waals surface area contributed by atoms with Crippen LogP contribution >= 0.6 is 0 Å². The molecule has 4 aromatic rings. The Hall–Kier alpha value is -3.45. The highest BCUT2D eigenvalue weighted by atomic mass is 15.1. The Bertz CT molecular complexity index is 1440. The van der Waals surface area contributed by atoms with Gasteiger partial charge >= 0.3 is 0 Å². The second kappa shape index (κ2) is 11.1. The first-order valence-corrected chi connectivity index (χ1v) is 14.7. The summed E-state index contributed by atoms with van der Waals surface area (Å²) >= 11 is 0. The largest absolute Gasteiger partial charge is 0.210 e. The summed E-state index contributed by atoms with van der Waals surface area (Å²) in [4.78, 5) is 0. The van der Waals surface area contributed by atoms with Gasteiger partial charge in [0.1, 0.15) is 6.54 Å². The van der Waals surface area contributed by atoms with Crippen LogP contribution in [0.4, 0.5) is 5.69 Å². The molecular formula is C37H40N+. The van der Waals surface area contributed by atoms with Gasteiger partial charge in [-0.2, -0.15) is 4.58 Å². The smallest absolute Gasteiger partial charge is 0.195 e. The number of nitrogens with zero attached hydrogens (tertiary/aromatic N) is 1. The number of benzene rings is 4. The molecular weight excluding hydrogens is 458 g/mol. The van der Waals surface area contributed by atoms with Gasteiger partial charge in [-0.3, -0.25) is 0 Å². The Morgan fingerprint density at radius 1 is 0.763 bits per heavy atom. The molecule has 1 aliphatic heterocycles. The number of hydrogen-bond acceptors (Lipinski definition) is 0. The second-order valence-electron chi connectivity index (χ2n) is 11.6. The minimum absolute atomic E-state index is 0.117. The van der Waals surface area contributed by atoms with Gasteiger partial charge in [0, 0.05) is 24.1 Å². The molecule has 1 aliphatic carbocycles. The molecule has 0 aromatic heterocycles. The minimum Gasteiger partial charge on any atom is -0.195 e. The zero-order valence-electron chi connectivity index (χ0n) is 22.8. The maximum absolute atomic E-state index is 2.67. The molecule has 192 valence electrons. The van der Waals surface area contributed by atoms with Crippen LogP contribution in [0.25, 0.3) is 16.8 Å². The van der Waals surface area contributed by atoms with Gasteiger partial charge in [-0.1, -0.05) is 117 Å². The zero-order chi connectivity index (χ0) is 25.8. The molecule has 0 bridgehead atoms. The summed E-state index contributed by atoms with van der Waals surface area (Å²) in [5.74, 6) is 0.967. The molecule has 1 saturated carbocycles. The van der Waals surface area contributed by atoms with Crippen LogP contribution in [-0.2, 0) is 11.8 Å². The maximum Gasteiger partial charge on any atom is 0.210 e. The first-order chi connectivity index (χ1) is 18.7. The van der Waals surface area contributed by atoms with E-state index in [1.807, 2.05) is 0 Å². The van der Waals surface area contributed by atoms with Gasteiger partial charge in [0.15, 0.2) is 5.71 Å². The van der Waals surface area contributed by atoms with Crippen molar-refractivity contribution in [1.82, 2.24) is 0 Å². The molecule has 1 fully saturated rings. The number of fused-ring (bicyclic) bond motifs is 3. The summed E-state index contributed by atoms with van der Waals surface area (Å²) in [6.07, 6.45) is 15.5. The molecule has 0 saturated heterocycles. The van der Waals surface area contributed by atoms with Crippen LogP contribution in [0, 0.1) is 5.92 Å². The molecule has 0 amide bonds. The number of hydrogen-bond donors (Lipinski definition) is 0. The fourth-order valence-electron chi connectivity index (χ4n) is 7.06. The van der Waals surface area contributed by atoms with Crippen molar-refractivity contribution in [1.29, 1.82) is 0 Å². The number of rotatable bonds is 9. The van der Waals surface area contributed by atoms with Crippen LogP contribution in [0.3, 0.4) is 0 Å². The summed E-state index contributed by atoms with van der Waals surface area (Å²) in [6, 6.07) is 35.5. The van der Waals surface area contributed by atoms with Crippen molar-refractivity contribution in [3.63, 3.8) is 0 Å². The lowest BCUT2D eigenvalue weighted by molar-refractivity contribution is -0.438. The molecule has 6 rings (SSSR count). The highest BCUT2D eigenvalue weighted by Crippen LogP contribution is 2.46. The van der Waals surface area contributed by atoms with E-state index in [0.717, 1.165) is 18.9 Å². The monoisotopic (exact) mass is 498 g/mol. The van der Waals surface area contributed by atoms with E-state index < -0.39 is 0 Å². The fraction of sp³-hybridized carbons (Fsp3) is 0.324. The average Bonchev–Trinajstić information content (AvgIpc) is 3.56. The van der Waals surface area contributed by atoms with Crippen molar-refractivity contribution in [2.45, 2.75) is 63.7 Å². The molecule has 0 spiro atoms. The van der Waals surface area contributed by atoms with Gasteiger partial charge < -0.3 is 0 Å². The molecule has 4 aromatic carbocycles. The van der Waals surface area contributed by atoms with E-state index >= 15 is 0 Å². The van der Waals surface area contributed by atoms with E-state index in [1.165, 1.54) is 83.8 Å². The van der Waals surface area contributed by atoms with Crippen LogP contribution in [0.15, 0.2) is 103 Å². The van der Waals surface area contributed by atoms with Crippen molar-refractivity contribution < 1.29 is 4.58 Å². The second-order valence-corrected chi connectivity index (χ2v) is 11.6. The summed E-state index contributed by atoms with van der Waals surface area (Å²) in [5.41, 5.74) is 6.84. The summed E-state index contributed by atoms with van der Waals surface area (Å²) in [7, 11) is 0. The summed E-state index contributed by atoms with van der Waals surface area (Å²) in [6.45, 7) is 3.56. The fourth-order valence-corrected chi connectivity index (χ4v) is 7.06. The van der Waals surface area contributed by atoms with Gasteiger partial charge in [0.05, 0.1) is 5.41 Å². The Morgan fingerprint density at radius 2 is 1.47 bits per heavy atom. The molecule has 0 radical (unpaired) electrons. The van der Waals surface area contributed by atoms with Crippen LogP contribution in [-0.4, -0.2) is 16.8 Å². The Kier molecular flexibility index (Phi) is 7.27. The Morgan fingerprint density at radius 3 is 2.26 bits per heavy atom. The lowest BCUT2D eigenvalue weighted by atomic mass is 9.73. The highest BCUT2D eigenvalue weighted by Gasteiger charge is 2.48. The van der Waals surface area contributed by atoms with E-state index in [9.17, 15) is 0 Å². The predicted octanol–water partition coefficient (Wildman–Crippen LogP) is 9.51. The lowest BCUT2D eigenvalue weighted by Crippen LogP contribution is -2.34. The van der Waals surface area contributed by atoms with Crippen molar-refractivity contribution in [3.05, 3.63) is 120 Å². The maximum atomic E-state index is 2.67. The SMILES string of the molecule is CC1(Cc2ccccc2)C(/C=C/c2ccccc2)=[N+](CCCCC2CCCC2)c2ccc3ccccc3c21. The molecule has 38 heavy (non-hydrogen) atoms. The topological polar surface area (TPSA) is 3.01 Å². The zero-order valence-corrected chi connectivity index (χ0v) is 22.8. The first-order valence-electron chi connectivity index (χ1n) is 14.7. The van der Waals surface area contributed by atoms with E-state index in [1.54, 1.807) is 0 Å². The van der Waals surface area contributed by atoms with Gasteiger partial charge in [0.25, 0.3) is 0 Å². The van der Waals surface area contributed by atoms with Crippen molar-refractivity contribution >= 4 is 28.2 Å². The minimum atomic E-state index is -0.117. The third-order valence-corrected chi connectivity index (χ3v) is 8.96. The predicted molar refractivity (Wildman–Crippen MR) is 163 cm³/mol. The van der Waals surface area contributed by atoms with Crippen molar-refractivity contribution in [2.75, 3.05) is 6.54 Å². The normalized spacial score (nSPS) is 19.6. The van der Waals surface area contributed by atoms with Crippen LogP contribution in [0.5, 0.6) is 0 Å². The van der Waals surface area contributed by atoms with Crippen LogP contribution in [0.2, 0.25) is 0 Å².